The first-order valence-corrected chi connectivity index (χ1v) is 15.0. The third-order valence-corrected chi connectivity index (χ3v) is 7.26. The minimum atomic E-state index is -1.15. The van der Waals surface area contributed by atoms with Gasteiger partial charge in [0.25, 0.3) is 0 Å². The number of aldehydes is 2. The standard InChI is InChI=1S/C31H49N3O8/c35-21-19-32(20-22-36)17-18-33(24-29(37)38)23-28(34(25-30(39)40)26-31(41)42)16-12-7-5-3-1-2-4-6-9-13-27-14-10-8-11-15-27/h8,10-11,14-15,21-22,28H,1-7,9,12-13,16-20,23-26H2,(H,37,38)(H,39,40)(H,41,42). The molecular weight excluding hydrogens is 542 g/mol. The first kappa shape index (κ1) is 36.9. The molecule has 236 valence electrons. The largest absolute Gasteiger partial charge is 0.480 e. The molecule has 1 aromatic rings. The zero-order chi connectivity index (χ0) is 31.0. The maximum Gasteiger partial charge on any atom is 0.317 e. The lowest BCUT2D eigenvalue weighted by Crippen LogP contribution is -2.50. The van der Waals surface area contributed by atoms with Crippen LogP contribution >= 0.6 is 0 Å². The summed E-state index contributed by atoms with van der Waals surface area (Å²) < 4.78 is 0. The molecule has 0 spiro atoms. The number of unbranched alkanes of at least 4 members (excludes halogenated alkanes) is 8. The molecule has 42 heavy (non-hydrogen) atoms. The molecule has 1 aromatic carbocycles. The first-order valence-electron chi connectivity index (χ1n) is 15.0. The Labute approximate surface area is 249 Å². The zero-order valence-electron chi connectivity index (χ0n) is 24.8. The highest BCUT2D eigenvalue weighted by atomic mass is 16.4. The van der Waals surface area contributed by atoms with Crippen LogP contribution in [0.2, 0.25) is 0 Å². The summed E-state index contributed by atoms with van der Waals surface area (Å²) in [5.74, 6) is -3.38. The van der Waals surface area contributed by atoms with E-state index in [0.717, 1.165) is 38.5 Å². The number of aryl methyl sites for hydroxylation is 1. The maximum absolute atomic E-state index is 11.6. The predicted molar refractivity (Wildman–Crippen MR) is 160 cm³/mol. The Bertz CT molecular complexity index is 889. The molecule has 0 heterocycles. The van der Waals surface area contributed by atoms with Crippen molar-refractivity contribution in [2.75, 3.05) is 52.4 Å². The van der Waals surface area contributed by atoms with Crippen LogP contribution in [0.25, 0.3) is 0 Å². The molecule has 0 bridgehead atoms. The van der Waals surface area contributed by atoms with Gasteiger partial charge in [-0.15, -0.1) is 0 Å². The molecule has 0 saturated carbocycles. The van der Waals surface area contributed by atoms with Gasteiger partial charge in [-0.05, 0) is 24.8 Å². The Morgan fingerprint density at radius 3 is 1.62 bits per heavy atom. The van der Waals surface area contributed by atoms with Gasteiger partial charge in [-0.1, -0.05) is 81.7 Å². The number of carboxylic acids is 3. The third-order valence-electron chi connectivity index (χ3n) is 7.26. The van der Waals surface area contributed by atoms with E-state index in [2.05, 4.69) is 24.3 Å². The summed E-state index contributed by atoms with van der Waals surface area (Å²) in [7, 11) is 0. The third kappa shape index (κ3) is 19.1. The normalized spacial score (nSPS) is 12.1. The summed E-state index contributed by atoms with van der Waals surface area (Å²) in [6.07, 6.45) is 12.8. The average Bonchev–Trinajstić information content (AvgIpc) is 2.93. The summed E-state index contributed by atoms with van der Waals surface area (Å²) in [6, 6.07) is 10.0. The van der Waals surface area contributed by atoms with Crippen molar-refractivity contribution < 1.29 is 39.3 Å². The van der Waals surface area contributed by atoms with Crippen LogP contribution in [0, 0.1) is 0 Å². The fraction of sp³-hybridized carbons (Fsp3) is 0.645. The highest BCUT2D eigenvalue weighted by molar-refractivity contribution is 5.72. The quantitative estimate of drug-likeness (QED) is 0.0972. The lowest BCUT2D eigenvalue weighted by molar-refractivity contribution is -0.144. The first-order chi connectivity index (χ1) is 20.2. The molecule has 11 heteroatoms. The molecule has 0 aliphatic rings. The minimum absolute atomic E-state index is 0.0287. The summed E-state index contributed by atoms with van der Waals surface area (Å²) >= 11 is 0. The number of nitrogens with zero attached hydrogens (tertiary/aromatic N) is 3. The zero-order valence-corrected chi connectivity index (χ0v) is 24.8. The van der Waals surface area contributed by atoms with E-state index in [1.807, 2.05) is 6.07 Å². The lowest BCUT2D eigenvalue weighted by Gasteiger charge is -2.34. The summed E-state index contributed by atoms with van der Waals surface area (Å²) in [5, 5.41) is 28.3. The fourth-order valence-corrected chi connectivity index (χ4v) is 5.12. The molecule has 1 atom stereocenters. The number of hydrogen-bond donors (Lipinski definition) is 3. The summed E-state index contributed by atoms with van der Waals surface area (Å²) in [5.41, 5.74) is 1.38. The molecule has 0 amide bonds. The maximum atomic E-state index is 11.6. The molecule has 0 saturated heterocycles. The van der Waals surface area contributed by atoms with Crippen LogP contribution in [0.4, 0.5) is 0 Å². The second-order valence-corrected chi connectivity index (χ2v) is 10.8. The molecule has 0 radical (unpaired) electrons. The van der Waals surface area contributed by atoms with Gasteiger partial charge in [0.1, 0.15) is 12.6 Å². The number of aliphatic carboxylic acids is 3. The average molecular weight is 592 g/mol. The van der Waals surface area contributed by atoms with E-state index in [9.17, 15) is 39.3 Å². The van der Waals surface area contributed by atoms with E-state index in [0.29, 0.717) is 19.0 Å². The van der Waals surface area contributed by atoms with Crippen LogP contribution in [0.5, 0.6) is 0 Å². The Balaban J connectivity index is 2.59. The van der Waals surface area contributed by atoms with Gasteiger partial charge in [-0.2, -0.15) is 0 Å². The number of rotatable bonds is 28. The monoisotopic (exact) mass is 591 g/mol. The van der Waals surface area contributed by atoms with Crippen molar-refractivity contribution in [3.8, 4) is 0 Å². The van der Waals surface area contributed by atoms with E-state index >= 15 is 0 Å². The van der Waals surface area contributed by atoms with Crippen LogP contribution in [0.1, 0.15) is 69.8 Å². The minimum Gasteiger partial charge on any atom is -0.480 e. The second-order valence-electron chi connectivity index (χ2n) is 10.8. The number of benzene rings is 1. The predicted octanol–water partition coefficient (Wildman–Crippen LogP) is 3.06. The number of carboxylic acid groups (broad SMARTS) is 3. The van der Waals surface area contributed by atoms with Gasteiger partial charge in [0.15, 0.2) is 0 Å². The van der Waals surface area contributed by atoms with Crippen LogP contribution in [0.15, 0.2) is 30.3 Å². The van der Waals surface area contributed by atoms with Gasteiger partial charge in [-0.25, -0.2) is 0 Å². The SMILES string of the molecule is O=CCN(CC=O)CCN(CC(=O)O)CC(CCCCCCCCCCCc1ccccc1)N(CC(=O)O)CC(=O)O. The topological polar surface area (TPSA) is 156 Å². The van der Waals surface area contributed by atoms with Crippen molar-refractivity contribution in [3.05, 3.63) is 35.9 Å². The highest BCUT2D eigenvalue weighted by Crippen LogP contribution is 2.16. The van der Waals surface area contributed by atoms with Crippen molar-refractivity contribution in [2.45, 2.75) is 76.7 Å². The van der Waals surface area contributed by atoms with Crippen molar-refractivity contribution in [3.63, 3.8) is 0 Å². The molecule has 1 rings (SSSR count). The molecule has 3 N–H and O–H groups in total. The Morgan fingerprint density at radius 2 is 1.12 bits per heavy atom. The Kier molecular flexibility index (Phi) is 20.6. The highest BCUT2D eigenvalue weighted by Gasteiger charge is 2.26. The van der Waals surface area contributed by atoms with Crippen LogP contribution in [-0.4, -0.2) is 119 Å². The van der Waals surface area contributed by atoms with Crippen molar-refractivity contribution in [2.24, 2.45) is 0 Å². The van der Waals surface area contributed by atoms with Gasteiger partial charge < -0.3 is 24.9 Å². The molecule has 11 nitrogen and oxygen atoms in total. The Morgan fingerprint density at radius 1 is 0.643 bits per heavy atom. The molecule has 1 unspecified atom stereocenters. The molecule has 0 aliphatic heterocycles. The van der Waals surface area contributed by atoms with Gasteiger partial charge in [0.05, 0.1) is 32.7 Å². The van der Waals surface area contributed by atoms with Gasteiger partial charge in [-0.3, -0.25) is 29.1 Å². The summed E-state index contributed by atoms with van der Waals surface area (Å²) in [4.78, 5) is 61.0. The number of carbonyl (C=O) groups excluding carboxylic acids is 2. The van der Waals surface area contributed by atoms with Gasteiger partial charge >= 0.3 is 17.9 Å². The molecular formula is C31H49N3O8. The van der Waals surface area contributed by atoms with Crippen LogP contribution in [0.3, 0.4) is 0 Å². The lowest BCUT2D eigenvalue weighted by atomic mass is 10.0. The van der Waals surface area contributed by atoms with Gasteiger partial charge in [0, 0.05) is 25.7 Å². The Hall–Kier alpha value is -3.15. The molecule has 0 fully saturated rings. The number of hydrogen-bond acceptors (Lipinski definition) is 8. The van der Waals surface area contributed by atoms with Crippen LogP contribution in [-0.2, 0) is 30.4 Å². The second kappa shape index (κ2) is 23.4. The van der Waals surface area contributed by atoms with Crippen molar-refractivity contribution in [1.29, 1.82) is 0 Å². The van der Waals surface area contributed by atoms with Gasteiger partial charge in [0.2, 0.25) is 0 Å². The van der Waals surface area contributed by atoms with E-state index in [4.69, 9.17) is 0 Å². The van der Waals surface area contributed by atoms with E-state index in [-0.39, 0.29) is 39.3 Å². The van der Waals surface area contributed by atoms with Crippen LogP contribution < -0.4 is 0 Å². The van der Waals surface area contributed by atoms with E-state index in [1.54, 1.807) is 9.80 Å². The smallest absolute Gasteiger partial charge is 0.317 e. The fourth-order valence-electron chi connectivity index (χ4n) is 5.12. The molecule has 0 aromatic heterocycles. The summed E-state index contributed by atoms with van der Waals surface area (Å²) in [6.45, 7) is -0.555. The van der Waals surface area contributed by atoms with Crippen molar-refractivity contribution >= 4 is 30.5 Å². The van der Waals surface area contributed by atoms with E-state index < -0.39 is 37.0 Å². The number of carbonyl (C=O) groups is 5. The van der Waals surface area contributed by atoms with E-state index in [1.165, 1.54) is 36.1 Å². The van der Waals surface area contributed by atoms with Crippen molar-refractivity contribution in [1.82, 2.24) is 14.7 Å². The molecule has 0 aliphatic carbocycles.